The van der Waals surface area contributed by atoms with Crippen LogP contribution in [0.25, 0.3) is 0 Å². The van der Waals surface area contributed by atoms with Crippen LogP contribution >= 0.6 is 0 Å². The fraction of sp³-hybridized carbons (Fsp3) is 0.429. The van der Waals surface area contributed by atoms with E-state index >= 15 is 0 Å². The monoisotopic (exact) mass is 277 g/mol. The van der Waals surface area contributed by atoms with Crippen molar-refractivity contribution in [3.63, 3.8) is 0 Å². The van der Waals surface area contributed by atoms with Crippen molar-refractivity contribution in [1.29, 1.82) is 0 Å². The first-order valence-electron chi connectivity index (χ1n) is 6.65. The number of aliphatic hydroxyl groups is 1. The number of amides is 2. The third kappa shape index (κ3) is 3.79. The molecule has 0 aromatic heterocycles. The molecule has 0 radical (unpaired) electrons. The molecule has 1 saturated heterocycles. The van der Waals surface area contributed by atoms with E-state index in [-0.39, 0.29) is 18.6 Å². The number of piperidine rings is 1. The van der Waals surface area contributed by atoms with Crippen molar-refractivity contribution >= 4 is 17.5 Å². The Bertz CT molecular complexity index is 496. The highest BCUT2D eigenvalue weighted by atomic mass is 16.3. The van der Waals surface area contributed by atoms with E-state index in [0.29, 0.717) is 37.2 Å². The molecular weight excluding hydrogens is 258 g/mol. The number of nitrogens with zero attached hydrogens (tertiary/aromatic N) is 1. The number of aliphatic hydroxyl groups excluding tert-OH is 1. The molecule has 2 rings (SSSR count). The van der Waals surface area contributed by atoms with Crippen molar-refractivity contribution in [2.45, 2.75) is 18.9 Å². The van der Waals surface area contributed by atoms with E-state index in [9.17, 15) is 14.7 Å². The number of carbonyl (C=O) groups excluding carboxylic acids is 2. The van der Waals surface area contributed by atoms with Crippen molar-refractivity contribution in [3.8, 4) is 0 Å². The Kier molecular flexibility index (Phi) is 4.70. The smallest absolute Gasteiger partial charge is 0.250 e. The summed E-state index contributed by atoms with van der Waals surface area (Å²) < 4.78 is 0. The van der Waals surface area contributed by atoms with Crippen LogP contribution in [0.4, 0.5) is 5.69 Å². The molecule has 1 fully saturated rings. The Morgan fingerprint density at radius 3 is 2.60 bits per heavy atom. The molecule has 20 heavy (non-hydrogen) atoms. The summed E-state index contributed by atoms with van der Waals surface area (Å²) in [5.74, 6) is -0.753. The van der Waals surface area contributed by atoms with Crippen LogP contribution in [0.3, 0.4) is 0 Å². The topological polar surface area (TPSA) is 95.7 Å². The zero-order chi connectivity index (χ0) is 14.5. The van der Waals surface area contributed by atoms with Crippen LogP contribution in [0.5, 0.6) is 0 Å². The molecule has 0 aliphatic carbocycles. The summed E-state index contributed by atoms with van der Waals surface area (Å²) in [5.41, 5.74) is 5.99. The lowest BCUT2D eigenvalue weighted by Crippen LogP contribution is -2.40. The predicted molar refractivity (Wildman–Crippen MR) is 75.3 cm³/mol. The van der Waals surface area contributed by atoms with Gasteiger partial charge in [0, 0.05) is 13.1 Å². The fourth-order valence-corrected chi connectivity index (χ4v) is 2.28. The maximum atomic E-state index is 12.0. The summed E-state index contributed by atoms with van der Waals surface area (Å²) in [7, 11) is 0. The number of anilines is 1. The number of carbonyl (C=O) groups is 2. The Morgan fingerprint density at radius 1 is 1.30 bits per heavy atom. The average Bonchev–Trinajstić information content (AvgIpc) is 2.41. The summed E-state index contributed by atoms with van der Waals surface area (Å²) in [6, 6.07) is 6.66. The van der Waals surface area contributed by atoms with E-state index in [4.69, 9.17) is 5.73 Å². The van der Waals surface area contributed by atoms with Crippen molar-refractivity contribution in [3.05, 3.63) is 29.8 Å². The lowest BCUT2D eigenvalue weighted by molar-refractivity contribution is -0.117. The number of nitrogens with two attached hydrogens (primary N) is 1. The Morgan fingerprint density at radius 2 is 1.95 bits per heavy atom. The van der Waals surface area contributed by atoms with Gasteiger partial charge in [0.2, 0.25) is 5.91 Å². The second kappa shape index (κ2) is 6.49. The highest BCUT2D eigenvalue weighted by Gasteiger charge is 2.19. The van der Waals surface area contributed by atoms with Crippen molar-refractivity contribution < 1.29 is 14.7 Å². The molecule has 108 valence electrons. The number of hydrogen-bond acceptors (Lipinski definition) is 4. The average molecular weight is 277 g/mol. The summed E-state index contributed by atoms with van der Waals surface area (Å²) in [6.07, 6.45) is 1.11. The first kappa shape index (κ1) is 14.5. The molecule has 1 heterocycles. The minimum Gasteiger partial charge on any atom is -0.393 e. The van der Waals surface area contributed by atoms with E-state index in [1.54, 1.807) is 24.3 Å². The first-order valence-corrected chi connectivity index (χ1v) is 6.65. The van der Waals surface area contributed by atoms with Crippen molar-refractivity contribution in [2.24, 2.45) is 5.73 Å². The lowest BCUT2D eigenvalue weighted by atomic mass is 10.1. The minimum atomic E-state index is -0.568. The second-order valence-electron chi connectivity index (χ2n) is 4.97. The molecule has 0 spiro atoms. The predicted octanol–water partition coefficient (Wildman–Crippen LogP) is 0.181. The van der Waals surface area contributed by atoms with E-state index in [1.165, 1.54) is 0 Å². The zero-order valence-corrected chi connectivity index (χ0v) is 11.2. The third-order valence-corrected chi connectivity index (χ3v) is 3.39. The standard InChI is InChI=1S/C14H19N3O3/c15-14(20)11-3-1-2-4-12(11)16-13(19)9-17-7-5-10(18)6-8-17/h1-4,10,18H,5-9H2,(H2,15,20)(H,16,19). The highest BCUT2D eigenvalue weighted by Crippen LogP contribution is 2.15. The normalized spacial score (nSPS) is 16.9. The van der Waals surface area contributed by atoms with E-state index in [0.717, 1.165) is 0 Å². The quantitative estimate of drug-likeness (QED) is 0.731. The van der Waals surface area contributed by atoms with Crippen LogP contribution in [0.2, 0.25) is 0 Å². The van der Waals surface area contributed by atoms with Crippen LogP contribution < -0.4 is 11.1 Å². The molecule has 6 nitrogen and oxygen atoms in total. The maximum absolute atomic E-state index is 12.0. The van der Waals surface area contributed by atoms with Gasteiger partial charge in [-0.3, -0.25) is 14.5 Å². The van der Waals surface area contributed by atoms with Gasteiger partial charge in [-0.2, -0.15) is 0 Å². The number of primary amides is 1. The summed E-state index contributed by atoms with van der Waals surface area (Å²) in [5, 5.41) is 12.1. The van der Waals surface area contributed by atoms with Gasteiger partial charge in [0.15, 0.2) is 0 Å². The summed E-state index contributed by atoms with van der Waals surface area (Å²) in [6.45, 7) is 1.65. The van der Waals surface area contributed by atoms with Gasteiger partial charge < -0.3 is 16.2 Å². The molecule has 0 saturated carbocycles. The van der Waals surface area contributed by atoms with Gasteiger partial charge in [-0.05, 0) is 25.0 Å². The molecule has 0 unspecified atom stereocenters. The SMILES string of the molecule is NC(=O)c1ccccc1NC(=O)CN1CCC(O)CC1. The number of likely N-dealkylation sites (tertiary alicyclic amines) is 1. The summed E-state index contributed by atoms with van der Waals surface area (Å²) >= 11 is 0. The second-order valence-corrected chi connectivity index (χ2v) is 4.97. The molecule has 0 atom stereocenters. The van der Waals surface area contributed by atoms with Crippen LogP contribution in [-0.2, 0) is 4.79 Å². The molecule has 1 aliphatic heterocycles. The van der Waals surface area contributed by atoms with Crippen LogP contribution in [0.15, 0.2) is 24.3 Å². The molecular formula is C14H19N3O3. The van der Waals surface area contributed by atoms with Crippen molar-refractivity contribution in [2.75, 3.05) is 25.0 Å². The highest BCUT2D eigenvalue weighted by molar-refractivity contribution is 6.03. The molecule has 1 aromatic carbocycles. The Balaban J connectivity index is 1.93. The van der Waals surface area contributed by atoms with Gasteiger partial charge >= 0.3 is 0 Å². The molecule has 0 bridgehead atoms. The van der Waals surface area contributed by atoms with E-state index < -0.39 is 5.91 Å². The number of para-hydroxylation sites is 1. The summed E-state index contributed by atoms with van der Waals surface area (Å²) in [4.78, 5) is 25.2. The van der Waals surface area contributed by atoms with Crippen LogP contribution in [0, 0.1) is 0 Å². The molecule has 2 amide bonds. The molecule has 1 aromatic rings. The number of hydrogen-bond donors (Lipinski definition) is 3. The maximum Gasteiger partial charge on any atom is 0.250 e. The zero-order valence-electron chi connectivity index (χ0n) is 11.2. The Labute approximate surface area is 117 Å². The Hall–Kier alpha value is -1.92. The number of nitrogens with one attached hydrogen (secondary N) is 1. The van der Waals surface area contributed by atoms with Crippen LogP contribution in [0.1, 0.15) is 23.2 Å². The fourth-order valence-electron chi connectivity index (χ4n) is 2.28. The van der Waals surface area contributed by atoms with Gasteiger partial charge in [0.05, 0.1) is 23.9 Å². The van der Waals surface area contributed by atoms with Gasteiger partial charge in [-0.15, -0.1) is 0 Å². The van der Waals surface area contributed by atoms with E-state index in [2.05, 4.69) is 5.32 Å². The van der Waals surface area contributed by atoms with Gasteiger partial charge in [-0.1, -0.05) is 12.1 Å². The van der Waals surface area contributed by atoms with Crippen molar-refractivity contribution in [1.82, 2.24) is 4.90 Å². The van der Waals surface area contributed by atoms with Gasteiger partial charge in [0.1, 0.15) is 0 Å². The van der Waals surface area contributed by atoms with Gasteiger partial charge in [0.25, 0.3) is 5.91 Å². The molecule has 6 heteroatoms. The number of benzene rings is 1. The number of rotatable bonds is 4. The van der Waals surface area contributed by atoms with Crippen LogP contribution in [-0.4, -0.2) is 47.6 Å². The van der Waals surface area contributed by atoms with Gasteiger partial charge in [-0.25, -0.2) is 0 Å². The third-order valence-electron chi connectivity index (χ3n) is 3.39. The molecule has 1 aliphatic rings. The van der Waals surface area contributed by atoms with E-state index in [1.807, 2.05) is 4.90 Å². The first-order chi connectivity index (χ1) is 9.56. The minimum absolute atomic E-state index is 0.185. The largest absolute Gasteiger partial charge is 0.393 e. The lowest BCUT2D eigenvalue weighted by Gasteiger charge is -2.28. The molecule has 4 N–H and O–H groups in total.